The number of allylic oxidation sites excluding steroid dienone is 4. The van der Waals surface area contributed by atoms with Crippen LogP contribution in [0.25, 0.3) is 71.3 Å². The number of anilines is 6. The number of benzene rings is 10. The molecule has 11 aromatic rings. The molecule has 10 aromatic carbocycles. The summed E-state index contributed by atoms with van der Waals surface area (Å²) in [6.45, 7) is 6.98. The topological polar surface area (TPSA) is 19.6 Å². The van der Waals surface area contributed by atoms with E-state index in [1.807, 2.05) is 0 Å². The van der Waals surface area contributed by atoms with E-state index in [1.54, 1.807) is 0 Å². The number of hydrogen-bond acceptors (Lipinski definition) is 3. The molecular weight excluding hydrogens is 837 g/mol. The van der Waals surface area contributed by atoms with Crippen molar-refractivity contribution in [1.82, 2.24) is 0 Å². The molecule has 0 amide bonds. The van der Waals surface area contributed by atoms with Crippen molar-refractivity contribution >= 4 is 83.2 Å². The van der Waals surface area contributed by atoms with Crippen molar-refractivity contribution in [3.8, 4) is 22.3 Å². The van der Waals surface area contributed by atoms with Gasteiger partial charge in [0.1, 0.15) is 11.2 Å². The third-order valence-electron chi connectivity index (χ3n) is 14.7. The van der Waals surface area contributed by atoms with Crippen LogP contribution in [0.1, 0.15) is 43.9 Å². The zero-order valence-electron chi connectivity index (χ0n) is 39.0. The van der Waals surface area contributed by atoms with Gasteiger partial charge in [-0.1, -0.05) is 166 Å². The quantitative estimate of drug-likeness (QED) is 0.142. The van der Waals surface area contributed by atoms with Crippen molar-refractivity contribution in [2.45, 2.75) is 32.6 Å². The molecule has 1 aromatic heterocycles. The molecule has 2 aliphatic carbocycles. The van der Waals surface area contributed by atoms with Crippen molar-refractivity contribution in [2.24, 2.45) is 5.92 Å². The molecule has 0 aliphatic heterocycles. The maximum absolute atomic E-state index is 7.08. The highest BCUT2D eigenvalue weighted by molar-refractivity contribution is 6.30. The molecule has 69 heavy (non-hydrogen) atoms. The Morgan fingerprint density at radius 2 is 1.04 bits per heavy atom. The minimum Gasteiger partial charge on any atom is -0.455 e. The van der Waals surface area contributed by atoms with E-state index in [9.17, 15) is 0 Å². The SMILES string of the molecule is CC1C=C(c2ccccc2N(c2ccccc2)c2ccc(-c3ccc4c(c3)c3ccccc3c3c5ccc(N(c6ccccc6)c6ccc7c(c6)C(C)(C)c6ccccc6-7)cc5oc43)cc2)C=CC1. The highest BCUT2D eigenvalue weighted by atomic mass is 16.3. The Labute approximate surface area is 403 Å². The summed E-state index contributed by atoms with van der Waals surface area (Å²) in [7, 11) is 0. The standard InChI is InChI=1S/C66H50N2O/c1-43-17-16-18-46(39-43)52-23-13-15-28-62(52)68(48-21-8-5-9-22-48)49-32-29-44(30-33-49)45-31-36-57-59(40-45)53-24-10-11-26-56(53)64-58-38-35-51(42-63(58)69-65(57)64)67(47-19-6-4-7-20-47)50-34-37-55-54-25-12-14-27-60(54)66(2,3)61(55)41-50/h4-16,18-43H,17H2,1-3H3. The van der Waals surface area contributed by atoms with E-state index in [2.05, 4.69) is 261 Å². The highest BCUT2D eigenvalue weighted by Gasteiger charge is 2.36. The maximum atomic E-state index is 7.08. The number of para-hydroxylation sites is 3. The lowest BCUT2D eigenvalue weighted by Gasteiger charge is -2.28. The van der Waals surface area contributed by atoms with Gasteiger partial charge in [0, 0.05) is 61.6 Å². The normalized spacial score (nSPS) is 14.8. The summed E-state index contributed by atoms with van der Waals surface area (Å²) < 4.78 is 7.08. The molecular formula is C66H50N2O. The van der Waals surface area contributed by atoms with Gasteiger partial charge in [-0.25, -0.2) is 0 Å². The van der Waals surface area contributed by atoms with Gasteiger partial charge in [-0.2, -0.15) is 0 Å². The second-order valence-corrected chi connectivity index (χ2v) is 19.3. The molecule has 0 radical (unpaired) electrons. The predicted octanol–water partition coefficient (Wildman–Crippen LogP) is 18.8. The third kappa shape index (κ3) is 6.72. The Bertz CT molecular complexity index is 3860. The lowest BCUT2D eigenvalue weighted by Crippen LogP contribution is -2.16. The summed E-state index contributed by atoms with van der Waals surface area (Å²) in [6, 6.07) is 77.5. The van der Waals surface area contributed by atoms with Crippen molar-refractivity contribution < 1.29 is 4.42 Å². The van der Waals surface area contributed by atoms with Crippen molar-refractivity contribution in [3.63, 3.8) is 0 Å². The number of fused-ring (bicyclic) bond motifs is 11. The summed E-state index contributed by atoms with van der Waals surface area (Å²) in [5.41, 5.74) is 18.5. The fourth-order valence-electron chi connectivity index (χ4n) is 11.4. The van der Waals surface area contributed by atoms with Crippen LogP contribution in [0, 0.1) is 5.92 Å². The van der Waals surface area contributed by atoms with Gasteiger partial charge in [0.2, 0.25) is 0 Å². The Balaban J connectivity index is 0.906. The molecule has 0 saturated heterocycles. The van der Waals surface area contributed by atoms with E-state index in [0.29, 0.717) is 5.92 Å². The van der Waals surface area contributed by atoms with Gasteiger partial charge in [0.05, 0.1) is 5.69 Å². The molecule has 2 aliphatic rings. The van der Waals surface area contributed by atoms with E-state index in [4.69, 9.17) is 4.42 Å². The third-order valence-corrected chi connectivity index (χ3v) is 14.7. The van der Waals surface area contributed by atoms with Gasteiger partial charge in [-0.15, -0.1) is 0 Å². The highest BCUT2D eigenvalue weighted by Crippen LogP contribution is 2.51. The monoisotopic (exact) mass is 886 g/mol. The minimum atomic E-state index is -0.113. The zero-order valence-corrected chi connectivity index (χ0v) is 39.0. The summed E-state index contributed by atoms with van der Waals surface area (Å²) in [5, 5.41) is 6.94. The van der Waals surface area contributed by atoms with Gasteiger partial charge < -0.3 is 14.2 Å². The Morgan fingerprint density at radius 1 is 0.449 bits per heavy atom. The van der Waals surface area contributed by atoms with Crippen LogP contribution in [-0.4, -0.2) is 0 Å². The predicted molar refractivity (Wildman–Crippen MR) is 292 cm³/mol. The van der Waals surface area contributed by atoms with Crippen molar-refractivity contribution in [1.29, 1.82) is 0 Å². The first-order valence-corrected chi connectivity index (χ1v) is 24.2. The minimum absolute atomic E-state index is 0.113. The number of nitrogens with zero attached hydrogens (tertiary/aromatic N) is 2. The number of furan rings is 1. The first kappa shape index (κ1) is 40.8. The fourth-order valence-corrected chi connectivity index (χ4v) is 11.4. The Kier molecular flexibility index (Phi) is 9.55. The van der Waals surface area contributed by atoms with Crippen LogP contribution in [0.5, 0.6) is 0 Å². The average molecular weight is 887 g/mol. The smallest absolute Gasteiger partial charge is 0.143 e. The Morgan fingerprint density at radius 3 is 1.83 bits per heavy atom. The largest absolute Gasteiger partial charge is 0.455 e. The van der Waals surface area contributed by atoms with Crippen LogP contribution in [0.3, 0.4) is 0 Å². The molecule has 1 heterocycles. The van der Waals surface area contributed by atoms with E-state index in [1.165, 1.54) is 49.5 Å². The molecule has 0 N–H and O–H groups in total. The van der Waals surface area contributed by atoms with Gasteiger partial charge in [0.15, 0.2) is 0 Å². The lowest BCUT2D eigenvalue weighted by atomic mass is 9.82. The van der Waals surface area contributed by atoms with E-state index in [-0.39, 0.29) is 5.41 Å². The van der Waals surface area contributed by atoms with E-state index in [0.717, 1.165) is 79.0 Å². The fraction of sp³-hybridized carbons (Fsp3) is 0.0909. The summed E-state index contributed by atoms with van der Waals surface area (Å²) >= 11 is 0. The molecule has 0 spiro atoms. The molecule has 0 bridgehead atoms. The molecule has 3 nitrogen and oxygen atoms in total. The molecule has 1 unspecified atom stereocenters. The van der Waals surface area contributed by atoms with Gasteiger partial charge in [-0.3, -0.25) is 0 Å². The van der Waals surface area contributed by atoms with Crippen LogP contribution in [0.4, 0.5) is 34.1 Å². The Hall–Kier alpha value is -8.40. The second kappa shape index (κ2) is 16.1. The van der Waals surface area contributed by atoms with E-state index < -0.39 is 0 Å². The molecule has 3 heteroatoms. The lowest BCUT2D eigenvalue weighted by molar-refractivity contribution is 0.660. The summed E-state index contributed by atoms with van der Waals surface area (Å²) in [5.74, 6) is 0.502. The second-order valence-electron chi connectivity index (χ2n) is 19.3. The maximum Gasteiger partial charge on any atom is 0.143 e. The van der Waals surface area contributed by atoms with Crippen LogP contribution in [0.2, 0.25) is 0 Å². The van der Waals surface area contributed by atoms with Gasteiger partial charge in [-0.05, 0) is 146 Å². The number of rotatable bonds is 8. The molecule has 1 atom stereocenters. The van der Waals surface area contributed by atoms with Crippen LogP contribution in [-0.2, 0) is 5.41 Å². The first-order valence-electron chi connectivity index (χ1n) is 24.2. The molecule has 13 rings (SSSR count). The summed E-state index contributed by atoms with van der Waals surface area (Å²) in [6.07, 6.45) is 8.06. The summed E-state index contributed by atoms with van der Waals surface area (Å²) in [4.78, 5) is 4.75. The molecule has 0 saturated carbocycles. The van der Waals surface area contributed by atoms with Crippen molar-refractivity contribution in [2.75, 3.05) is 9.80 Å². The first-order chi connectivity index (χ1) is 33.9. The number of hydrogen-bond donors (Lipinski definition) is 0. The van der Waals surface area contributed by atoms with Crippen LogP contribution in [0.15, 0.2) is 235 Å². The van der Waals surface area contributed by atoms with Crippen molar-refractivity contribution in [3.05, 3.63) is 247 Å². The van der Waals surface area contributed by atoms with Crippen LogP contribution < -0.4 is 9.80 Å². The van der Waals surface area contributed by atoms with Gasteiger partial charge >= 0.3 is 0 Å². The van der Waals surface area contributed by atoms with Crippen LogP contribution >= 0.6 is 0 Å². The van der Waals surface area contributed by atoms with Gasteiger partial charge in [0.25, 0.3) is 0 Å². The zero-order chi connectivity index (χ0) is 46.2. The molecule has 330 valence electrons. The van der Waals surface area contributed by atoms with E-state index >= 15 is 0 Å². The average Bonchev–Trinajstić information content (AvgIpc) is 3.89. The molecule has 0 fully saturated rings.